The van der Waals surface area contributed by atoms with E-state index in [-0.39, 0.29) is 12.0 Å². The Morgan fingerprint density at radius 1 is 1.11 bits per heavy atom. The molecule has 4 heterocycles. The van der Waals surface area contributed by atoms with Crippen LogP contribution in [0.15, 0.2) is 35.0 Å². The minimum atomic E-state index is 0.116. The first-order valence-corrected chi connectivity index (χ1v) is 13.9. The Morgan fingerprint density at radius 2 is 1.97 bits per heavy atom. The number of carbonyl (C=O) groups is 1. The minimum absolute atomic E-state index is 0.116. The van der Waals surface area contributed by atoms with Crippen LogP contribution in [-0.4, -0.2) is 61.3 Å². The highest BCUT2D eigenvalue weighted by Crippen LogP contribution is 2.31. The van der Waals surface area contributed by atoms with Crippen molar-refractivity contribution in [3.05, 3.63) is 57.3 Å². The number of hydrogen-bond donors (Lipinski definition) is 0. The van der Waals surface area contributed by atoms with E-state index in [2.05, 4.69) is 28.5 Å². The van der Waals surface area contributed by atoms with Gasteiger partial charge in [0.05, 0.1) is 31.3 Å². The third kappa shape index (κ3) is 5.08. The summed E-state index contributed by atoms with van der Waals surface area (Å²) in [5, 5.41) is 5.29. The molecule has 1 aromatic carbocycles. The highest BCUT2D eigenvalue weighted by atomic mass is 32.1. The second-order valence-electron chi connectivity index (χ2n) is 9.96. The molecule has 0 radical (unpaired) electrons. The van der Waals surface area contributed by atoms with Crippen molar-refractivity contribution in [1.82, 2.24) is 9.88 Å². The number of morpholine rings is 1. The smallest absolute Gasteiger partial charge is 0.227 e. The second-order valence-corrected chi connectivity index (χ2v) is 10.7. The lowest BCUT2D eigenvalue weighted by atomic mass is 10.0. The van der Waals surface area contributed by atoms with Crippen LogP contribution in [-0.2, 0) is 40.1 Å². The van der Waals surface area contributed by atoms with E-state index in [1.807, 2.05) is 16.3 Å². The van der Waals surface area contributed by atoms with Crippen LogP contribution in [0, 0.1) is 0 Å². The third-order valence-electron chi connectivity index (χ3n) is 7.49. The number of pyridine rings is 1. The Morgan fingerprint density at radius 3 is 2.74 bits per heavy atom. The van der Waals surface area contributed by atoms with Crippen molar-refractivity contribution in [3.63, 3.8) is 0 Å². The van der Waals surface area contributed by atoms with Gasteiger partial charge < -0.3 is 19.3 Å². The molecule has 2 fully saturated rings. The number of thiophene rings is 1. The van der Waals surface area contributed by atoms with Crippen LogP contribution in [0.25, 0.3) is 10.9 Å². The fourth-order valence-corrected chi connectivity index (χ4v) is 6.29. The van der Waals surface area contributed by atoms with Crippen molar-refractivity contribution in [2.24, 2.45) is 0 Å². The predicted molar refractivity (Wildman–Crippen MR) is 139 cm³/mol. The number of fused-ring (bicyclic) bond motifs is 2. The summed E-state index contributed by atoms with van der Waals surface area (Å²) in [6, 6.07) is 8.95. The molecule has 7 heteroatoms. The number of aryl methyl sites for hydroxylation is 2. The van der Waals surface area contributed by atoms with E-state index in [0.29, 0.717) is 32.7 Å². The molecule has 2 saturated heterocycles. The number of aromatic nitrogens is 1. The number of nitrogens with zero attached hydrogens (tertiary/aromatic N) is 3. The summed E-state index contributed by atoms with van der Waals surface area (Å²) in [6.45, 7) is 5.04. The summed E-state index contributed by atoms with van der Waals surface area (Å²) in [4.78, 5) is 23.1. The van der Waals surface area contributed by atoms with Gasteiger partial charge in [-0.15, -0.1) is 0 Å². The maximum absolute atomic E-state index is 13.5. The molecule has 0 bridgehead atoms. The molecule has 3 aliphatic rings. The van der Waals surface area contributed by atoms with Gasteiger partial charge in [0.15, 0.2) is 0 Å². The zero-order valence-electron chi connectivity index (χ0n) is 20.2. The van der Waals surface area contributed by atoms with Crippen molar-refractivity contribution in [2.45, 2.75) is 51.2 Å². The lowest BCUT2D eigenvalue weighted by Crippen LogP contribution is -2.40. The molecule has 1 unspecified atom stereocenters. The molecule has 2 aliphatic heterocycles. The first-order valence-electron chi connectivity index (χ1n) is 12.9. The summed E-state index contributed by atoms with van der Waals surface area (Å²) < 4.78 is 11.6. The van der Waals surface area contributed by atoms with Gasteiger partial charge in [0, 0.05) is 43.7 Å². The highest BCUT2D eigenvalue weighted by Gasteiger charge is 2.26. The maximum atomic E-state index is 13.5. The van der Waals surface area contributed by atoms with Gasteiger partial charge in [-0.05, 0) is 83.8 Å². The molecule has 6 rings (SSSR count). The van der Waals surface area contributed by atoms with Crippen molar-refractivity contribution < 1.29 is 14.3 Å². The summed E-state index contributed by atoms with van der Waals surface area (Å²) in [5.41, 5.74) is 6.16. The predicted octanol–water partition coefficient (Wildman–Crippen LogP) is 4.37. The molecule has 0 spiro atoms. The zero-order valence-corrected chi connectivity index (χ0v) is 21.0. The molecule has 184 valence electrons. The van der Waals surface area contributed by atoms with E-state index < -0.39 is 0 Å². The van der Waals surface area contributed by atoms with Crippen LogP contribution in [0.1, 0.15) is 41.5 Å². The lowest BCUT2D eigenvalue weighted by Gasteiger charge is -2.32. The number of rotatable bonds is 7. The average molecular weight is 492 g/mol. The van der Waals surface area contributed by atoms with Gasteiger partial charge in [0.25, 0.3) is 0 Å². The monoisotopic (exact) mass is 491 g/mol. The van der Waals surface area contributed by atoms with Crippen molar-refractivity contribution in [2.75, 3.05) is 44.4 Å². The van der Waals surface area contributed by atoms with Crippen molar-refractivity contribution in [1.29, 1.82) is 0 Å². The summed E-state index contributed by atoms with van der Waals surface area (Å²) in [6.07, 6.45) is 6.15. The van der Waals surface area contributed by atoms with E-state index >= 15 is 0 Å². The topological polar surface area (TPSA) is 54.9 Å². The number of amides is 1. The number of hydrogen-bond acceptors (Lipinski definition) is 6. The molecule has 2 aromatic heterocycles. The maximum Gasteiger partial charge on any atom is 0.227 e. The van der Waals surface area contributed by atoms with Crippen LogP contribution >= 0.6 is 11.3 Å². The second kappa shape index (κ2) is 10.2. The molecule has 3 aromatic rings. The van der Waals surface area contributed by atoms with Crippen molar-refractivity contribution in [3.8, 4) is 0 Å². The zero-order chi connectivity index (χ0) is 23.6. The largest absolute Gasteiger partial charge is 0.378 e. The Balaban J connectivity index is 1.36. The van der Waals surface area contributed by atoms with E-state index in [9.17, 15) is 4.79 Å². The standard InChI is InChI=1S/C28H33N3O3S/c32-27(13-20-6-12-35-19-20)31(18-25-5-2-9-34-25)17-24-15-23-14-21-3-1-4-22(21)16-26(23)29-28(24)30-7-10-33-11-8-30/h6,12,14-16,19,25H,1-5,7-11,13,17-18H2. The van der Waals surface area contributed by atoms with E-state index in [1.54, 1.807) is 11.3 Å². The molecule has 1 aliphatic carbocycles. The molecule has 0 N–H and O–H groups in total. The van der Waals surface area contributed by atoms with Gasteiger partial charge in [-0.2, -0.15) is 11.3 Å². The molecular formula is C28H33N3O3S. The molecular weight excluding hydrogens is 458 g/mol. The van der Waals surface area contributed by atoms with E-state index in [0.717, 1.165) is 67.8 Å². The minimum Gasteiger partial charge on any atom is -0.378 e. The number of anilines is 1. The Labute approximate surface area is 210 Å². The Hall–Kier alpha value is -2.48. The van der Waals surface area contributed by atoms with Gasteiger partial charge in [-0.3, -0.25) is 4.79 Å². The van der Waals surface area contributed by atoms with Gasteiger partial charge in [-0.1, -0.05) is 0 Å². The molecule has 35 heavy (non-hydrogen) atoms. The Kier molecular flexibility index (Phi) is 6.72. The molecule has 1 atom stereocenters. The normalized spacial score (nSPS) is 19.9. The van der Waals surface area contributed by atoms with Crippen LogP contribution in [0.5, 0.6) is 0 Å². The van der Waals surface area contributed by atoms with Gasteiger partial charge in [-0.25, -0.2) is 4.98 Å². The molecule has 6 nitrogen and oxygen atoms in total. The summed E-state index contributed by atoms with van der Waals surface area (Å²) in [5.74, 6) is 1.15. The van der Waals surface area contributed by atoms with Crippen LogP contribution in [0.3, 0.4) is 0 Å². The summed E-state index contributed by atoms with van der Waals surface area (Å²) >= 11 is 1.64. The SMILES string of the molecule is O=C(Cc1ccsc1)N(Cc1cc2cc3c(cc2nc1N1CCOCC1)CCC3)CC1CCCO1. The quantitative estimate of drug-likeness (QED) is 0.491. The highest BCUT2D eigenvalue weighted by molar-refractivity contribution is 7.08. The Bertz CT molecular complexity index is 1180. The first-order chi connectivity index (χ1) is 17.2. The van der Waals surface area contributed by atoms with Gasteiger partial charge in [0.2, 0.25) is 5.91 Å². The van der Waals surface area contributed by atoms with Crippen LogP contribution < -0.4 is 4.90 Å². The van der Waals surface area contributed by atoms with E-state index in [4.69, 9.17) is 14.5 Å². The molecule has 0 saturated carbocycles. The van der Waals surface area contributed by atoms with Crippen LogP contribution in [0.2, 0.25) is 0 Å². The fraction of sp³-hybridized carbons (Fsp3) is 0.500. The third-order valence-corrected chi connectivity index (χ3v) is 8.22. The van der Waals surface area contributed by atoms with Gasteiger partial charge >= 0.3 is 0 Å². The van der Waals surface area contributed by atoms with E-state index in [1.165, 1.54) is 22.9 Å². The van der Waals surface area contributed by atoms with Crippen molar-refractivity contribution >= 4 is 34.0 Å². The number of carbonyl (C=O) groups excluding carboxylic acids is 1. The first kappa shape index (κ1) is 23.0. The average Bonchev–Trinajstić information content (AvgIpc) is 3.66. The van der Waals surface area contributed by atoms with Gasteiger partial charge in [0.1, 0.15) is 5.82 Å². The molecule has 1 amide bonds. The van der Waals surface area contributed by atoms with Crippen LogP contribution in [0.4, 0.5) is 5.82 Å². The summed E-state index contributed by atoms with van der Waals surface area (Å²) in [7, 11) is 0. The fourth-order valence-electron chi connectivity index (χ4n) is 5.62. The number of benzene rings is 1. The lowest BCUT2D eigenvalue weighted by molar-refractivity contribution is -0.132. The number of ether oxygens (including phenoxy) is 2.